The average Bonchev–Trinajstić information content (AvgIpc) is 2.31. The van der Waals surface area contributed by atoms with E-state index in [-0.39, 0.29) is 11.6 Å². The Morgan fingerprint density at radius 1 is 1.22 bits per heavy atom. The van der Waals surface area contributed by atoms with Crippen LogP contribution in [-0.2, 0) is 14.3 Å². The summed E-state index contributed by atoms with van der Waals surface area (Å²) in [5.41, 5.74) is 0.0648. The van der Waals surface area contributed by atoms with Crippen molar-refractivity contribution in [1.82, 2.24) is 0 Å². The second-order valence-electron chi connectivity index (χ2n) is 4.20. The van der Waals surface area contributed by atoms with Gasteiger partial charge in [-0.25, -0.2) is 4.39 Å². The summed E-state index contributed by atoms with van der Waals surface area (Å²) in [5, 5.41) is 2.36. The summed E-state index contributed by atoms with van der Waals surface area (Å²) in [4.78, 5) is 23.0. The smallest absolute Gasteiger partial charge is 0.309 e. The lowest BCUT2D eigenvalue weighted by molar-refractivity contribution is -0.156. The van der Waals surface area contributed by atoms with Gasteiger partial charge in [-0.2, -0.15) is 0 Å². The first-order valence-corrected chi connectivity index (χ1v) is 5.67. The van der Waals surface area contributed by atoms with Crippen molar-refractivity contribution in [3.63, 3.8) is 0 Å². The first-order valence-electron chi connectivity index (χ1n) is 5.67. The van der Waals surface area contributed by atoms with Crippen LogP contribution in [-0.4, -0.2) is 18.0 Å². The minimum atomic E-state index is -0.959. The summed E-state index contributed by atoms with van der Waals surface area (Å²) >= 11 is 0. The van der Waals surface area contributed by atoms with Gasteiger partial charge in [-0.15, -0.1) is 0 Å². The molecule has 0 saturated carbocycles. The summed E-state index contributed by atoms with van der Waals surface area (Å²) in [7, 11) is 0. The van der Waals surface area contributed by atoms with Crippen molar-refractivity contribution in [1.29, 1.82) is 0 Å². The number of hydrogen-bond acceptors (Lipinski definition) is 3. The first-order chi connectivity index (χ1) is 8.41. The van der Waals surface area contributed by atoms with Crippen LogP contribution in [0.3, 0.4) is 0 Å². The van der Waals surface area contributed by atoms with Crippen molar-refractivity contribution in [2.24, 2.45) is 5.92 Å². The summed E-state index contributed by atoms with van der Waals surface area (Å²) in [6.45, 7) is 4.78. The third kappa shape index (κ3) is 3.84. The number of benzene rings is 1. The van der Waals surface area contributed by atoms with Crippen LogP contribution in [0.5, 0.6) is 0 Å². The molecule has 0 bridgehead atoms. The van der Waals surface area contributed by atoms with Gasteiger partial charge in [0.1, 0.15) is 5.82 Å². The lowest BCUT2D eigenvalue weighted by atomic mass is 10.2. The number of carbonyl (C=O) groups is 2. The van der Waals surface area contributed by atoms with E-state index in [1.54, 1.807) is 19.9 Å². The Kier molecular flexibility index (Phi) is 4.83. The van der Waals surface area contributed by atoms with Gasteiger partial charge >= 0.3 is 5.97 Å². The number of nitrogens with one attached hydrogen (secondary N) is 1. The largest absolute Gasteiger partial charge is 0.452 e. The van der Waals surface area contributed by atoms with Crippen LogP contribution in [0.1, 0.15) is 20.8 Å². The Hall–Kier alpha value is -1.91. The number of esters is 1. The molecule has 1 aromatic carbocycles. The number of amides is 1. The zero-order valence-electron chi connectivity index (χ0n) is 10.6. The van der Waals surface area contributed by atoms with E-state index in [0.717, 1.165) is 0 Å². The molecule has 18 heavy (non-hydrogen) atoms. The topological polar surface area (TPSA) is 55.4 Å². The minimum absolute atomic E-state index is 0.0648. The average molecular weight is 253 g/mol. The van der Waals surface area contributed by atoms with Gasteiger partial charge in [-0.3, -0.25) is 9.59 Å². The van der Waals surface area contributed by atoms with E-state index in [1.807, 2.05) is 0 Å². The van der Waals surface area contributed by atoms with Crippen molar-refractivity contribution in [2.45, 2.75) is 26.9 Å². The van der Waals surface area contributed by atoms with Gasteiger partial charge in [0.05, 0.1) is 11.6 Å². The SMILES string of the molecule is CC(C)C(=O)OC(C)C(=O)Nc1ccccc1F. The molecule has 1 aromatic rings. The molecule has 5 heteroatoms. The van der Waals surface area contributed by atoms with Crippen LogP contribution in [0, 0.1) is 11.7 Å². The zero-order chi connectivity index (χ0) is 13.7. The summed E-state index contributed by atoms with van der Waals surface area (Å²) in [5.74, 6) is -1.87. The molecular formula is C13H16FNO3. The summed E-state index contributed by atoms with van der Waals surface area (Å²) < 4.78 is 18.2. The second kappa shape index (κ2) is 6.14. The Balaban J connectivity index is 2.61. The number of carbonyl (C=O) groups excluding carboxylic acids is 2. The summed E-state index contributed by atoms with van der Waals surface area (Å²) in [6.07, 6.45) is -0.959. The van der Waals surface area contributed by atoms with Crippen LogP contribution in [0.4, 0.5) is 10.1 Å². The Bertz CT molecular complexity index is 446. The van der Waals surface area contributed by atoms with Gasteiger partial charge in [-0.1, -0.05) is 26.0 Å². The predicted molar refractivity (Wildman–Crippen MR) is 65.4 cm³/mol. The second-order valence-corrected chi connectivity index (χ2v) is 4.20. The highest BCUT2D eigenvalue weighted by atomic mass is 19.1. The van der Waals surface area contributed by atoms with Crippen molar-refractivity contribution >= 4 is 17.6 Å². The molecule has 0 saturated heterocycles. The molecular weight excluding hydrogens is 237 g/mol. The maximum atomic E-state index is 13.3. The molecule has 1 unspecified atom stereocenters. The van der Waals surface area contributed by atoms with Crippen molar-refractivity contribution in [3.8, 4) is 0 Å². The number of anilines is 1. The molecule has 0 radical (unpaired) electrons. The minimum Gasteiger partial charge on any atom is -0.452 e. The molecule has 0 fully saturated rings. The van der Waals surface area contributed by atoms with Gasteiger partial charge in [-0.05, 0) is 19.1 Å². The van der Waals surface area contributed by atoms with Gasteiger partial charge in [0.15, 0.2) is 6.10 Å². The Morgan fingerprint density at radius 2 is 1.83 bits per heavy atom. The van der Waals surface area contributed by atoms with E-state index in [2.05, 4.69) is 5.32 Å². The molecule has 0 heterocycles. The van der Waals surface area contributed by atoms with Gasteiger partial charge in [0.25, 0.3) is 5.91 Å². The van der Waals surface area contributed by atoms with Crippen LogP contribution in [0.2, 0.25) is 0 Å². The fraction of sp³-hybridized carbons (Fsp3) is 0.385. The van der Waals surface area contributed by atoms with Crippen molar-refractivity contribution < 1.29 is 18.7 Å². The van der Waals surface area contributed by atoms with Gasteiger partial charge in [0, 0.05) is 0 Å². The molecule has 0 spiro atoms. The quantitative estimate of drug-likeness (QED) is 0.838. The van der Waals surface area contributed by atoms with Crippen LogP contribution < -0.4 is 5.32 Å². The number of ether oxygens (including phenoxy) is 1. The third-order valence-corrected chi connectivity index (χ3v) is 2.27. The number of para-hydroxylation sites is 1. The standard InChI is InChI=1S/C13H16FNO3/c1-8(2)13(17)18-9(3)12(16)15-11-7-5-4-6-10(11)14/h4-9H,1-3H3,(H,15,16). The highest BCUT2D eigenvalue weighted by Gasteiger charge is 2.20. The van der Waals surface area contributed by atoms with Crippen molar-refractivity contribution in [3.05, 3.63) is 30.1 Å². The molecule has 1 rings (SSSR count). The highest BCUT2D eigenvalue weighted by Crippen LogP contribution is 2.13. The van der Waals surface area contributed by atoms with Gasteiger partial charge in [0.2, 0.25) is 0 Å². The zero-order valence-corrected chi connectivity index (χ0v) is 10.6. The number of hydrogen-bond donors (Lipinski definition) is 1. The van der Waals surface area contributed by atoms with E-state index in [9.17, 15) is 14.0 Å². The lowest BCUT2D eigenvalue weighted by Gasteiger charge is -2.15. The van der Waals surface area contributed by atoms with E-state index < -0.39 is 23.8 Å². The fourth-order valence-electron chi connectivity index (χ4n) is 1.16. The molecule has 98 valence electrons. The van der Waals surface area contributed by atoms with E-state index in [1.165, 1.54) is 25.1 Å². The fourth-order valence-corrected chi connectivity index (χ4v) is 1.16. The summed E-state index contributed by atoms with van der Waals surface area (Å²) in [6, 6.07) is 5.79. The molecule has 4 nitrogen and oxygen atoms in total. The molecule has 0 aromatic heterocycles. The first kappa shape index (κ1) is 14.2. The normalized spacial score (nSPS) is 12.1. The highest BCUT2D eigenvalue weighted by molar-refractivity contribution is 5.95. The molecule has 0 aliphatic rings. The van der Waals surface area contributed by atoms with E-state index >= 15 is 0 Å². The van der Waals surface area contributed by atoms with E-state index in [0.29, 0.717) is 0 Å². The van der Waals surface area contributed by atoms with Gasteiger partial charge < -0.3 is 10.1 Å². The third-order valence-electron chi connectivity index (χ3n) is 2.27. The molecule has 1 amide bonds. The van der Waals surface area contributed by atoms with Crippen LogP contribution >= 0.6 is 0 Å². The molecule has 1 N–H and O–H groups in total. The lowest BCUT2D eigenvalue weighted by Crippen LogP contribution is -2.31. The van der Waals surface area contributed by atoms with Crippen molar-refractivity contribution in [2.75, 3.05) is 5.32 Å². The number of rotatable bonds is 4. The Labute approximate surface area is 105 Å². The molecule has 0 aliphatic carbocycles. The molecule has 1 atom stereocenters. The molecule has 0 aliphatic heterocycles. The number of halogens is 1. The van der Waals surface area contributed by atoms with E-state index in [4.69, 9.17) is 4.74 Å². The Morgan fingerprint density at radius 3 is 2.39 bits per heavy atom. The van der Waals surface area contributed by atoms with Crippen LogP contribution in [0.25, 0.3) is 0 Å². The predicted octanol–water partition coefficient (Wildman–Crippen LogP) is 2.35. The maximum absolute atomic E-state index is 13.3. The maximum Gasteiger partial charge on any atom is 0.309 e. The monoisotopic (exact) mass is 253 g/mol. The van der Waals surface area contributed by atoms with Crippen LogP contribution in [0.15, 0.2) is 24.3 Å².